The van der Waals surface area contributed by atoms with Gasteiger partial charge in [0.15, 0.2) is 0 Å². The lowest BCUT2D eigenvalue weighted by molar-refractivity contribution is -0.123. The zero-order valence-corrected chi connectivity index (χ0v) is 15.8. The van der Waals surface area contributed by atoms with Gasteiger partial charge in [-0.1, -0.05) is 40.9 Å². The monoisotopic (exact) mass is 400 g/mol. The summed E-state index contributed by atoms with van der Waals surface area (Å²) in [5, 5.41) is 6.75. The third kappa shape index (κ3) is 4.71. The van der Waals surface area contributed by atoms with Gasteiger partial charge in [0, 0.05) is 10.9 Å². The van der Waals surface area contributed by atoms with Crippen LogP contribution in [0.2, 0.25) is 0 Å². The molecule has 0 bridgehead atoms. The Bertz CT molecular complexity index is 508. The van der Waals surface area contributed by atoms with Crippen molar-refractivity contribution in [2.24, 2.45) is 5.92 Å². The number of rotatable bonds is 5. The van der Waals surface area contributed by atoms with Gasteiger partial charge in [0.1, 0.15) is 0 Å². The van der Waals surface area contributed by atoms with E-state index in [0.717, 1.165) is 36.8 Å². The highest BCUT2D eigenvalue weighted by molar-refractivity contribution is 9.10. The van der Waals surface area contributed by atoms with Gasteiger partial charge < -0.3 is 10.6 Å². The molecule has 1 heterocycles. The number of benzene rings is 1. The predicted molar refractivity (Wildman–Crippen MR) is 99.9 cm³/mol. The summed E-state index contributed by atoms with van der Waals surface area (Å²) in [7, 11) is 0. The number of halogens is 2. The molecule has 2 N–H and O–H groups in total. The topological polar surface area (TPSA) is 41.1 Å². The Hall–Kier alpha value is -0.580. The summed E-state index contributed by atoms with van der Waals surface area (Å²) in [5.74, 6) is 0.898. The molecule has 2 fully saturated rings. The Labute approximate surface area is 153 Å². The second-order valence-corrected chi connectivity index (χ2v) is 7.66. The molecule has 1 aliphatic heterocycles. The molecule has 3 rings (SSSR count). The van der Waals surface area contributed by atoms with Crippen molar-refractivity contribution in [3.8, 4) is 0 Å². The fourth-order valence-corrected chi connectivity index (χ4v) is 4.12. The van der Waals surface area contributed by atoms with Crippen molar-refractivity contribution in [3.05, 3.63) is 34.3 Å². The van der Waals surface area contributed by atoms with Crippen molar-refractivity contribution in [3.63, 3.8) is 0 Å². The van der Waals surface area contributed by atoms with Crippen molar-refractivity contribution < 1.29 is 4.79 Å². The molecule has 0 spiro atoms. The maximum Gasteiger partial charge on any atom is 0.220 e. The van der Waals surface area contributed by atoms with Gasteiger partial charge in [-0.2, -0.15) is 0 Å². The van der Waals surface area contributed by atoms with E-state index in [9.17, 15) is 4.79 Å². The van der Waals surface area contributed by atoms with E-state index >= 15 is 0 Å². The van der Waals surface area contributed by atoms with Gasteiger partial charge in [-0.3, -0.25) is 4.79 Å². The lowest BCUT2D eigenvalue weighted by Crippen LogP contribution is -2.43. The number of nitrogens with one attached hydrogen (secondary N) is 2. The van der Waals surface area contributed by atoms with Gasteiger partial charge in [-0.15, -0.1) is 12.4 Å². The number of hydrogen-bond acceptors (Lipinski definition) is 2. The molecule has 1 amide bonds. The molecule has 1 aliphatic carbocycles. The van der Waals surface area contributed by atoms with Crippen molar-refractivity contribution in [1.29, 1.82) is 0 Å². The van der Waals surface area contributed by atoms with E-state index in [1.807, 2.05) is 0 Å². The van der Waals surface area contributed by atoms with Crippen molar-refractivity contribution in [1.82, 2.24) is 10.6 Å². The first-order valence-electron chi connectivity index (χ1n) is 8.46. The maximum atomic E-state index is 12.5. The lowest BCUT2D eigenvalue weighted by atomic mass is 9.87. The van der Waals surface area contributed by atoms with Gasteiger partial charge in [-0.05, 0) is 62.4 Å². The highest BCUT2D eigenvalue weighted by atomic mass is 79.9. The molecule has 1 aromatic rings. The molecule has 1 aromatic carbocycles. The molecule has 23 heavy (non-hydrogen) atoms. The Morgan fingerprint density at radius 1 is 1.26 bits per heavy atom. The van der Waals surface area contributed by atoms with Crippen LogP contribution < -0.4 is 10.6 Å². The zero-order chi connectivity index (χ0) is 15.4. The Kier molecular flexibility index (Phi) is 6.93. The van der Waals surface area contributed by atoms with Gasteiger partial charge >= 0.3 is 0 Å². The van der Waals surface area contributed by atoms with Crippen LogP contribution in [-0.2, 0) is 10.3 Å². The van der Waals surface area contributed by atoms with Gasteiger partial charge in [-0.25, -0.2) is 0 Å². The lowest BCUT2D eigenvalue weighted by Gasteiger charge is -2.31. The quantitative estimate of drug-likeness (QED) is 0.778. The molecule has 5 heteroatoms. The van der Waals surface area contributed by atoms with Crippen molar-refractivity contribution in [2.45, 2.75) is 50.5 Å². The highest BCUT2D eigenvalue weighted by Gasteiger charge is 2.36. The number of carbonyl (C=O) groups is 1. The second kappa shape index (κ2) is 8.50. The molecule has 1 unspecified atom stereocenters. The molecule has 3 nitrogen and oxygen atoms in total. The van der Waals surface area contributed by atoms with E-state index in [4.69, 9.17) is 0 Å². The summed E-state index contributed by atoms with van der Waals surface area (Å²) in [4.78, 5) is 12.5. The minimum Gasteiger partial charge on any atom is -0.347 e. The van der Waals surface area contributed by atoms with E-state index in [2.05, 4.69) is 50.8 Å². The first-order chi connectivity index (χ1) is 10.7. The summed E-state index contributed by atoms with van der Waals surface area (Å²) in [6, 6.07) is 8.45. The maximum absolute atomic E-state index is 12.5. The van der Waals surface area contributed by atoms with Crippen LogP contribution in [-0.4, -0.2) is 19.0 Å². The van der Waals surface area contributed by atoms with Crippen molar-refractivity contribution >= 4 is 34.2 Å². The third-order valence-electron chi connectivity index (χ3n) is 5.17. The standard InChI is InChI=1S/C18H25BrN2O.ClH/c19-16-6-4-15(5-7-16)18(10-1-2-11-18)21-17(22)8-3-14-9-12-20-13-14;/h4-7,14,20H,1-3,8-13H2,(H,21,22);1H. The van der Waals surface area contributed by atoms with Crippen LogP contribution in [0.3, 0.4) is 0 Å². The smallest absolute Gasteiger partial charge is 0.220 e. The number of hydrogen-bond donors (Lipinski definition) is 2. The summed E-state index contributed by atoms with van der Waals surface area (Å²) in [5.41, 5.74) is 1.12. The molecular formula is C18H26BrClN2O. The van der Waals surface area contributed by atoms with Crippen molar-refractivity contribution in [2.75, 3.05) is 13.1 Å². The summed E-state index contributed by atoms with van der Waals surface area (Å²) >= 11 is 3.49. The van der Waals surface area contributed by atoms with Crippen LogP contribution in [0.15, 0.2) is 28.7 Å². The van der Waals surface area contributed by atoms with E-state index in [-0.39, 0.29) is 23.9 Å². The van der Waals surface area contributed by atoms with E-state index < -0.39 is 0 Å². The Morgan fingerprint density at radius 2 is 1.96 bits per heavy atom. The molecule has 2 aliphatic rings. The van der Waals surface area contributed by atoms with Crippen LogP contribution in [0, 0.1) is 5.92 Å². The first-order valence-corrected chi connectivity index (χ1v) is 9.25. The molecule has 0 radical (unpaired) electrons. The largest absolute Gasteiger partial charge is 0.347 e. The number of amides is 1. The van der Waals surface area contributed by atoms with E-state index in [1.54, 1.807) is 0 Å². The molecule has 128 valence electrons. The third-order valence-corrected chi connectivity index (χ3v) is 5.70. The number of carbonyl (C=O) groups excluding carboxylic acids is 1. The van der Waals surface area contributed by atoms with Crippen LogP contribution in [0.5, 0.6) is 0 Å². The van der Waals surface area contributed by atoms with Crippen LogP contribution in [0.25, 0.3) is 0 Å². The second-order valence-electron chi connectivity index (χ2n) is 6.74. The van der Waals surface area contributed by atoms with Gasteiger partial charge in [0.25, 0.3) is 0 Å². The summed E-state index contributed by atoms with van der Waals surface area (Å²) in [6.45, 7) is 2.18. The minimum atomic E-state index is -0.133. The average molecular weight is 402 g/mol. The molecular weight excluding hydrogens is 376 g/mol. The van der Waals surface area contributed by atoms with Gasteiger partial charge in [0.05, 0.1) is 5.54 Å². The molecule has 1 saturated heterocycles. The summed E-state index contributed by atoms with van der Waals surface area (Å²) < 4.78 is 1.09. The SMILES string of the molecule is Cl.O=C(CCC1CCNC1)NC1(c2ccc(Br)cc2)CCCC1. The minimum absolute atomic E-state index is 0. The predicted octanol–water partition coefficient (Wildman–Crippen LogP) is 4.15. The van der Waals surface area contributed by atoms with Crippen LogP contribution in [0.4, 0.5) is 0 Å². The average Bonchev–Trinajstić information content (AvgIpc) is 3.18. The fraction of sp³-hybridized carbons (Fsp3) is 0.611. The molecule has 0 aromatic heterocycles. The van der Waals surface area contributed by atoms with E-state index in [1.165, 1.54) is 24.8 Å². The van der Waals surface area contributed by atoms with Gasteiger partial charge in [0.2, 0.25) is 5.91 Å². The van der Waals surface area contributed by atoms with E-state index in [0.29, 0.717) is 12.3 Å². The Balaban J connectivity index is 0.00000192. The fourth-order valence-electron chi connectivity index (χ4n) is 3.86. The van der Waals surface area contributed by atoms with Crippen LogP contribution >= 0.6 is 28.3 Å². The molecule has 1 saturated carbocycles. The zero-order valence-electron chi connectivity index (χ0n) is 13.4. The first kappa shape index (κ1) is 18.8. The summed E-state index contributed by atoms with van der Waals surface area (Å²) in [6.07, 6.45) is 7.40. The highest BCUT2D eigenvalue weighted by Crippen LogP contribution is 2.39. The Morgan fingerprint density at radius 3 is 2.57 bits per heavy atom. The molecule has 1 atom stereocenters. The normalized spacial score (nSPS) is 22.6. The van der Waals surface area contributed by atoms with Crippen LogP contribution in [0.1, 0.15) is 50.5 Å².